The van der Waals surface area contributed by atoms with E-state index in [4.69, 9.17) is 4.74 Å². The van der Waals surface area contributed by atoms with Gasteiger partial charge in [0.25, 0.3) is 11.8 Å². The first-order valence-corrected chi connectivity index (χ1v) is 9.34. The minimum Gasteiger partial charge on any atom is -0.457 e. The molecular formula is C23H19N3O4. The van der Waals surface area contributed by atoms with Crippen LogP contribution < -0.4 is 15.5 Å². The second-order valence-electron chi connectivity index (χ2n) is 6.91. The van der Waals surface area contributed by atoms with E-state index in [1.165, 1.54) is 0 Å². The fraction of sp³-hybridized carbons (Fsp3) is 0.0870. The molecule has 0 saturated carbocycles. The molecule has 3 aromatic rings. The van der Waals surface area contributed by atoms with Crippen molar-refractivity contribution in [3.8, 4) is 11.5 Å². The average Bonchev–Trinajstić information content (AvgIpc) is 2.99. The lowest BCUT2D eigenvalue weighted by Crippen LogP contribution is -2.48. The molecule has 0 radical (unpaired) electrons. The van der Waals surface area contributed by atoms with Gasteiger partial charge < -0.3 is 10.1 Å². The third-order valence-corrected chi connectivity index (χ3v) is 4.86. The maximum Gasteiger partial charge on any atom is 0.344 e. The molecule has 0 aromatic heterocycles. The van der Waals surface area contributed by atoms with E-state index in [1.54, 1.807) is 67.6 Å². The van der Waals surface area contributed by atoms with Gasteiger partial charge in [-0.3, -0.25) is 15.0 Å². The number of rotatable bonds is 5. The summed E-state index contributed by atoms with van der Waals surface area (Å²) in [5, 5.41) is 3.35. The normalized spacial score (nSPS) is 18.1. The Morgan fingerprint density at radius 1 is 0.900 bits per heavy atom. The standard InChI is InChI=1S/C23H19N3O4/c1-23(16-10-4-2-5-11-16)21(28)26(22(29)24-23)25-20(27)18-14-8-9-15-19(18)30-17-12-6-3-7-13-17/h2-15H,1H3,(H,24,29)(H,25,27). The molecule has 1 aliphatic heterocycles. The lowest BCUT2D eigenvalue weighted by Gasteiger charge is -2.22. The van der Waals surface area contributed by atoms with E-state index in [-0.39, 0.29) is 5.56 Å². The molecule has 30 heavy (non-hydrogen) atoms. The summed E-state index contributed by atoms with van der Waals surface area (Å²) in [5.74, 6) is -0.348. The zero-order valence-electron chi connectivity index (χ0n) is 16.2. The summed E-state index contributed by atoms with van der Waals surface area (Å²) in [5.41, 5.74) is 1.93. The van der Waals surface area contributed by atoms with Gasteiger partial charge in [0.05, 0.1) is 5.56 Å². The fourth-order valence-corrected chi connectivity index (χ4v) is 3.23. The predicted octanol–water partition coefficient (Wildman–Crippen LogP) is 3.59. The summed E-state index contributed by atoms with van der Waals surface area (Å²) < 4.78 is 5.79. The van der Waals surface area contributed by atoms with Crippen molar-refractivity contribution < 1.29 is 19.1 Å². The zero-order chi connectivity index (χ0) is 21.1. The Kier molecular flexibility index (Phi) is 4.93. The summed E-state index contributed by atoms with van der Waals surface area (Å²) in [6.07, 6.45) is 0. The van der Waals surface area contributed by atoms with Gasteiger partial charge in [0.15, 0.2) is 0 Å². The minimum atomic E-state index is -1.27. The Hall–Kier alpha value is -4.13. The van der Waals surface area contributed by atoms with Crippen LogP contribution in [0, 0.1) is 0 Å². The van der Waals surface area contributed by atoms with Crippen LogP contribution in [0.25, 0.3) is 0 Å². The van der Waals surface area contributed by atoms with Gasteiger partial charge in [0.1, 0.15) is 17.0 Å². The van der Waals surface area contributed by atoms with Gasteiger partial charge >= 0.3 is 6.03 Å². The van der Waals surface area contributed by atoms with Crippen molar-refractivity contribution in [2.45, 2.75) is 12.5 Å². The zero-order valence-corrected chi connectivity index (χ0v) is 16.2. The highest BCUT2D eigenvalue weighted by Crippen LogP contribution is 2.29. The Balaban J connectivity index is 1.56. The molecule has 2 N–H and O–H groups in total. The highest BCUT2D eigenvalue weighted by atomic mass is 16.5. The molecule has 1 saturated heterocycles. The van der Waals surface area contributed by atoms with Crippen molar-refractivity contribution in [3.63, 3.8) is 0 Å². The number of carbonyl (C=O) groups excluding carboxylic acids is 3. The summed E-state index contributed by atoms with van der Waals surface area (Å²) in [6, 6.07) is 23.8. The lowest BCUT2D eigenvalue weighted by molar-refractivity contribution is -0.132. The number of hydrazine groups is 1. The number of para-hydroxylation sites is 2. The van der Waals surface area contributed by atoms with Crippen LogP contribution in [0.3, 0.4) is 0 Å². The molecule has 150 valence electrons. The Morgan fingerprint density at radius 2 is 1.50 bits per heavy atom. The maximum absolute atomic E-state index is 13.0. The third kappa shape index (κ3) is 3.48. The van der Waals surface area contributed by atoms with E-state index in [2.05, 4.69) is 10.7 Å². The van der Waals surface area contributed by atoms with Crippen LogP contribution in [-0.4, -0.2) is 22.9 Å². The van der Waals surface area contributed by atoms with Gasteiger partial charge in [-0.1, -0.05) is 60.7 Å². The van der Waals surface area contributed by atoms with Gasteiger partial charge in [-0.2, -0.15) is 5.01 Å². The molecule has 3 aromatic carbocycles. The highest BCUT2D eigenvalue weighted by Gasteiger charge is 2.50. The number of hydrogen-bond donors (Lipinski definition) is 2. The molecule has 1 unspecified atom stereocenters. The smallest absolute Gasteiger partial charge is 0.344 e. The van der Waals surface area contributed by atoms with E-state index in [0.717, 1.165) is 0 Å². The molecule has 1 fully saturated rings. The molecular weight excluding hydrogens is 382 g/mol. The van der Waals surface area contributed by atoms with Crippen LogP contribution in [-0.2, 0) is 10.3 Å². The van der Waals surface area contributed by atoms with Crippen LogP contribution in [0.1, 0.15) is 22.8 Å². The second kappa shape index (κ2) is 7.71. The van der Waals surface area contributed by atoms with Crippen molar-refractivity contribution >= 4 is 17.8 Å². The first kappa shape index (κ1) is 19.2. The van der Waals surface area contributed by atoms with Crippen LogP contribution >= 0.6 is 0 Å². The number of nitrogens with zero attached hydrogens (tertiary/aromatic N) is 1. The molecule has 4 rings (SSSR count). The minimum absolute atomic E-state index is 0.190. The van der Waals surface area contributed by atoms with E-state index >= 15 is 0 Å². The number of nitrogens with one attached hydrogen (secondary N) is 2. The van der Waals surface area contributed by atoms with Gasteiger partial charge in [-0.25, -0.2) is 4.79 Å². The first-order valence-electron chi connectivity index (χ1n) is 9.34. The van der Waals surface area contributed by atoms with Crippen molar-refractivity contribution in [2.24, 2.45) is 0 Å². The number of imide groups is 1. The second-order valence-corrected chi connectivity index (χ2v) is 6.91. The fourth-order valence-electron chi connectivity index (χ4n) is 3.23. The number of ether oxygens (including phenoxy) is 1. The lowest BCUT2D eigenvalue weighted by atomic mass is 9.92. The largest absolute Gasteiger partial charge is 0.457 e. The molecule has 0 spiro atoms. The Bertz CT molecular complexity index is 1100. The number of urea groups is 1. The monoisotopic (exact) mass is 401 g/mol. The van der Waals surface area contributed by atoms with Crippen LogP contribution in [0.2, 0.25) is 0 Å². The van der Waals surface area contributed by atoms with Crippen molar-refractivity contribution in [1.82, 2.24) is 15.8 Å². The van der Waals surface area contributed by atoms with Gasteiger partial charge in [0, 0.05) is 0 Å². The molecule has 7 nitrogen and oxygen atoms in total. The summed E-state index contributed by atoms with van der Waals surface area (Å²) in [4.78, 5) is 38.3. The van der Waals surface area contributed by atoms with Crippen LogP contribution in [0.5, 0.6) is 11.5 Å². The van der Waals surface area contributed by atoms with E-state index < -0.39 is 23.4 Å². The van der Waals surface area contributed by atoms with Crippen LogP contribution in [0.15, 0.2) is 84.9 Å². The van der Waals surface area contributed by atoms with Gasteiger partial charge in [-0.05, 0) is 36.8 Å². The third-order valence-electron chi connectivity index (χ3n) is 4.86. The summed E-state index contributed by atoms with van der Waals surface area (Å²) in [7, 11) is 0. The van der Waals surface area contributed by atoms with Crippen LogP contribution in [0.4, 0.5) is 4.79 Å². The molecule has 1 aliphatic rings. The topological polar surface area (TPSA) is 87.7 Å². The molecule has 1 heterocycles. The van der Waals surface area contributed by atoms with E-state index in [9.17, 15) is 14.4 Å². The van der Waals surface area contributed by atoms with Gasteiger partial charge in [-0.15, -0.1) is 0 Å². The predicted molar refractivity (Wildman–Crippen MR) is 110 cm³/mol. The Morgan fingerprint density at radius 3 is 2.20 bits per heavy atom. The van der Waals surface area contributed by atoms with E-state index in [1.807, 2.05) is 24.3 Å². The number of benzene rings is 3. The summed E-state index contributed by atoms with van der Waals surface area (Å²) >= 11 is 0. The van der Waals surface area contributed by atoms with E-state index in [0.29, 0.717) is 22.1 Å². The quantitative estimate of drug-likeness (QED) is 0.640. The Labute approximate surface area is 173 Å². The number of hydrogen-bond acceptors (Lipinski definition) is 4. The molecule has 4 amide bonds. The SMILES string of the molecule is CC1(c2ccccc2)NC(=O)N(NC(=O)c2ccccc2Oc2ccccc2)C1=O. The highest BCUT2D eigenvalue weighted by molar-refractivity contribution is 6.09. The molecule has 0 bridgehead atoms. The molecule has 1 atom stereocenters. The van der Waals surface area contributed by atoms with Crippen molar-refractivity contribution in [2.75, 3.05) is 0 Å². The summed E-state index contributed by atoms with van der Waals surface area (Å²) in [6.45, 7) is 1.60. The molecule has 0 aliphatic carbocycles. The van der Waals surface area contributed by atoms with Crippen molar-refractivity contribution in [3.05, 3.63) is 96.1 Å². The molecule has 7 heteroatoms. The van der Waals surface area contributed by atoms with Gasteiger partial charge in [0.2, 0.25) is 0 Å². The average molecular weight is 401 g/mol. The maximum atomic E-state index is 13.0. The van der Waals surface area contributed by atoms with Crippen molar-refractivity contribution in [1.29, 1.82) is 0 Å². The first-order chi connectivity index (χ1) is 14.5. The number of amides is 4. The number of carbonyl (C=O) groups is 3.